The Labute approximate surface area is 189 Å². The molecule has 0 bridgehead atoms. The Balaban J connectivity index is 2.71. The molecule has 2 rings (SSSR count). The molecule has 178 valence electrons. The molecule has 0 fully saturated rings. The van der Waals surface area contributed by atoms with Crippen molar-refractivity contribution in [2.24, 2.45) is 0 Å². The van der Waals surface area contributed by atoms with Crippen molar-refractivity contribution in [3.8, 4) is 11.1 Å². The molecule has 2 aromatic rings. The molecule has 0 aromatic heterocycles. The van der Waals surface area contributed by atoms with Crippen LogP contribution >= 0.6 is 0 Å². The summed E-state index contributed by atoms with van der Waals surface area (Å²) in [6.07, 6.45) is 2.55. The summed E-state index contributed by atoms with van der Waals surface area (Å²) in [5.74, 6) is 0. The number of sulfonamides is 4. The fourth-order valence-electron chi connectivity index (χ4n) is 3.19. The highest BCUT2D eigenvalue weighted by atomic mass is 32.3. The van der Waals surface area contributed by atoms with Crippen molar-refractivity contribution in [2.75, 3.05) is 31.6 Å². The van der Waals surface area contributed by atoms with Crippen LogP contribution in [0.4, 0.5) is 0 Å². The summed E-state index contributed by atoms with van der Waals surface area (Å²) in [6.45, 7) is -0.956. The van der Waals surface area contributed by atoms with Gasteiger partial charge in [0.1, 0.15) is 0 Å². The van der Waals surface area contributed by atoms with E-state index in [0.717, 1.165) is 11.1 Å². The third kappa shape index (κ3) is 6.59. The second-order valence-corrected chi connectivity index (χ2v) is 15.2. The lowest BCUT2D eigenvalue weighted by Crippen LogP contribution is -2.46. The van der Waals surface area contributed by atoms with Crippen LogP contribution in [0.5, 0.6) is 0 Å². The number of benzene rings is 2. The Bertz CT molecular complexity index is 1320. The summed E-state index contributed by atoms with van der Waals surface area (Å²) in [4.78, 5) is 0. The number of nitrogens with zero attached hydrogens (tertiary/aromatic N) is 2. The van der Waals surface area contributed by atoms with Gasteiger partial charge in [-0.3, -0.25) is 0 Å². The SMILES string of the molecule is CS(=O)(=O)N(C[C@H](c1ccc(-c2ccccc2)cc1)N(S(C)(=O)=O)S(C)(=O)=O)S(C)(=O)=O. The summed E-state index contributed by atoms with van der Waals surface area (Å²) in [5, 5.41) is 0. The Kier molecular flexibility index (Phi) is 7.59. The highest BCUT2D eigenvalue weighted by molar-refractivity contribution is 8.04. The third-order valence-electron chi connectivity index (χ3n) is 4.37. The average Bonchev–Trinajstić information content (AvgIpc) is 2.61. The first-order valence-electron chi connectivity index (χ1n) is 8.95. The molecular weight excluding hydrogens is 500 g/mol. The van der Waals surface area contributed by atoms with Crippen LogP contribution in [0.1, 0.15) is 11.6 Å². The molecule has 0 N–H and O–H groups in total. The van der Waals surface area contributed by atoms with Crippen molar-refractivity contribution < 1.29 is 33.7 Å². The van der Waals surface area contributed by atoms with Gasteiger partial charge in [0.25, 0.3) is 0 Å². The quantitative estimate of drug-likeness (QED) is 0.469. The van der Waals surface area contributed by atoms with E-state index in [1.807, 2.05) is 30.3 Å². The van der Waals surface area contributed by atoms with E-state index < -0.39 is 52.7 Å². The van der Waals surface area contributed by atoms with Gasteiger partial charge < -0.3 is 0 Å². The van der Waals surface area contributed by atoms with Gasteiger partial charge in [-0.15, -0.1) is 0 Å². The summed E-state index contributed by atoms with van der Waals surface area (Å²) in [6, 6.07) is 13.5. The molecule has 0 radical (unpaired) electrons. The molecule has 0 aliphatic rings. The predicted molar refractivity (Wildman–Crippen MR) is 123 cm³/mol. The zero-order chi connectivity index (χ0) is 24.5. The fraction of sp³-hybridized carbons (Fsp3) is 0.333. The molecule has 0 amide bonds. The molecular formula is C18H24N2O8S4. The van der Waals surface area contributed by atoms with Gasteiger partial charge in [-0.2, -0.15) is 0 Å². The van der Waals surface area contributed by atoms with E-state index >= 15 is 0 Å². The Morgan fingerprint density at radius 2 is 1.00 bits per heavy atom. The third-order valence-corrected chi connectivity index (χ3v) is 11.2. The van der Waals surface area contributed by atoms with E-state index in [4.69, 9.17) is 0 Å². The molecule has 0 spiro atoms. The maximum atomic E-state index is 12.4. The predicted octanol–water partition coefficient (Wildman–Crippen LogP) is 0.837. The normalized spacial score (nSPS) is 14.6. The Hall–Kier alpha value is -1.84. The lowest BCUT2D eigenvalue weighted by atomic mass is 10.0. The van der Waals surface area contributed by atoms with E-state index in [9.17, 15) is 33.7 Å². The summed E-state index contributed by atoms with van der Waals surface area (Å²) < 4.78 is 98.3. The van der Waals surface area contributed by atoms with E-state index in [1.54, 1.807) is 12.1 Å². The maximum Gasteiger partial charge on any atom is 0.224 e. The van der Waals surface area contributed by atoms with Crippen LogP contribution in [0.25, 0.3) is 11.1 Å². The molecule has 0 aliphatic heterocycles. The van der Waals surface area contributed by atoms with E-state index in [0.29, 0.717) is 25.0 Å². The Morgan fingerprint density at radius 1 is 0.594 bits per heavy atom. The van der Waals surface area contributed by atoms with Crippen molar-refractivity contribution in [1.82, 2.24) is 7.42 Å². The molecule has 32 heavy (non-hydrogen) atoms. The molecule has 10 nitrogen and oxygen atoms in total. The highest BCUT2D eigenvalue weighted by Crippen LogP contribution is 2.30. The smallest absolute Gasteiger partial charge is 0.212 e. The van der Waals surface area contributed by atoms with Crippen molar-refractivity contribution >= 4 is 40.1 Å². The van der Waals surface area contributed by atoms with Crippen LogP contribution in [-0.4, -0.2) is 72.7 Å². The first-order valence-corrected chi connectivity index (χ1v) is 16.3. The minimum atomic E-state index is -4.44. The van der Waals surface area contributed by atoms with Gasteiger partial charge in [0, 0.05) is 0 Å². The first-order chi connectivity index (χ1) is 14.4. The highest BCUT2D eigenvalue weighted by Gasteiger charge is 2.40. The van der Waals surface area contributed by atoms with Crippen LogP contribution < -0.4 is 0 Å². The van der Waals surface area contributed by atoms with Gasteiger partial charge in [-0.25, -0.2) is 33.7 Å². The van der Waals surface area contributed by atoms with Crippen LogP contribution in [0.15, 0.2) is 54.6 Å². The standard InChI is InChI=1S/C18H24N2O8S4/c1-29(21,22)19(30(2,23)24)14-18(20(31(3,25)26)32(4,27)28)17-12-10-16(11-13-17)15-8-6-5-7-9-15/h5-13,18H,14H2,1-4H3/t18-/m1/s1. The summed E-state index contributed by atoms with van der Waals surface area (Å²) in [7, 11) is -17.6. The fourth-order valence-corrected chi connectivity index (χ4v) is 9.25. The molecule has 0 aliphatic carbocycles. The van der Waals surface area contributed by atoms with Crippen LogP contribution in [0, 0.1) is 0 Å². The lowest BCUT2D eigenvalue weighted by molar-refractivity contribution is 0.388. The second-order valence-electron chi connectivity index (χ2n) is 7.24. The minimum Gasteiger partial charge on any atom is -0.212 e. The monoisotopic (exact) mass is 524 g/mol. The second kappa shape index (κ2) is 9.19. The largest absolute Gasteiger partial charge is 0.224 e. The van der Waals surface area contributed by atoms with E-state index in [1.165, 1.54) is 12.1 Å². The maximum absolute atomic E-state index is 12.4. The zero-order valence-electron chi connectivity index (χ0n) is 17.8. The average molecular weight is 525 g/mol. The first kappa shape index (κ1) is 26.4. The number of rotatable bonds is 9. The molecule has 0 saturated carbocycles. The summed E-state index contributed by atoms with van der Waals surface area (Å²) in [5.41, 5.74) is 1.67. The molecule has 1 atom stereocenters. The minimum absolute atomic E-state index is 0.0825. The van der Waals surface area contributed by atoms with Gasteiger partial charge in [0.2, 0.25) is 40.1 Å². The van der Waals surface area contributed by atoms with E-state index in [2.05, 4.69) is 0 Å². The van der Waals surface area contributed by atoms with Crippen molar-refractivity contribution in [1.29, 1.82) is 0 Å². The number of hydrogen-bond acceptors (Lipinski definition) is 8. The zero-order valence-corrected chi connectivity index (χ0v) is 21.0. The van der Waals surface area contributed by atoms with Crippen LogP contribution in [-0.2, 0) is 40.1 Å². The van der Waals surface area contributed by atoms with Gasteiger partial charge >= 0.3 is 0 Å². The van der Waals surface area contributed by atoms with Crippen molar-refractivity contribution in [3.63, 3.8) is 0 Å². The van der Waals surface area contributed by atoms with Crippen LogP contribution in [0.3, 0.4) is 0 Å². The van der Waals surface area contributed by atoms with Gasteiger partial charge in [-0.1, -0.05) is 62.0 Å². The Morgan fingerprint density at radius 3 is 1.38 bits per heavy atom. The summed E-state index contributed by atoms with van der Waals surface area (Å²) >= 11 is 0. The van der Waals surface area contributed by atoms with Crippen LogP contribution in [0.2, 0.25) is 0 Å². The molecule has 0 heterocycles. The molecule has 0 unspecified atom stereocenters. The van der Waals surface area contributed by atoms with Crippen molar-refractivity contribution in [3.05, 3.63) is 60.2 Å². The topological polar surface area (TPSA) is 143 Å². The molecule has 14 heteroatoms. The van der Waals surface area contributed by atoms with Crippen molar-refractivity contribution in [2.45, 2.75) is 6.04 Å². The molecule has 0 saturated heterocycles. The number of hydrogen-bond donors (Lipinski definition) is 0. The van der Waals surface area contributed by atoms with Gasteiger partial charge in [-0.05, 0) is 16.7 Å². The molecule has 2 aromatic carbocycles. The lowest BCUT2D eigenvalue weighted by Gasteiger charge is -2.31. The van der Waals surface area contributed by atoms with Gasteiger partial charge in [0.05, 0.1) is 37.6 Å². The van der Waals surface area contributed by atoms with Gasteiger partial charge in [0.15, 0.2) is 0 Å². The van der Waals surface area contributed by atoms with E-state index in [-0.39, 0.29) is 13.0 Å².